The van der Waals surface area contributed by atoms with E-state index in [2.05, 4.69) is 27.0 Å². The van der Waals surface area contributed by atoms with E-state index in [1.165, 1.54) is 0 Å². The van der Waals surface area contributed by atoms with Crippen molar-refractivity contribution in [2.24, 2.45) is 4.99 Å². The molecule has 1 aromatic carbocycles. The van der Waals surface area contributed by atoms with Gasteiger partial charge in [0, 0.05) is 29.3 Å². The van der Waals surface area contributed by atoms with Crippen LogP contribution in [0, 0.1) is 25.2 Å². The van der Waals surface area contributed by atoms with E-state index in [9.17, 15) is 10.1 Å². The first-order chi connectivity index (χ1) is 15.7. The molecular weight excluding hydrogens is 440 g/mol. The number of halogens is 1. The quantitative estimate of drug-likeness (QED) is 0.493. The summed E-state index contributed by atoms with van der Waals surface area (Å²) in [4.78, 5) is 25.1. The van der Waals surface area contributed by atoms with Crippen LogP contribution in [-0.4, -0.2) is 22.6 Å². The normalized spacial score (nSPS) is 11.2. The number of rotatable bonds is 7. The maximum absolute atomic E-state index is 12.7. The molecular formula is C24H23ClN6O2. The Hall–Kier alpha value is -3.96. The number of aryl methyl sites for hydroxylation is 2. The lowest BCUT2D eigenvalue weighted by molar-refractivity contribution is 0.0921. The van der Waals surface area contributed by atoms with Crippen LogP contribution in [-0.2, 0) is 13.0 Å². The Balaban J connectivity index is 1.81. The van der Waals surface area contributed by atoms with Crippen LogP contribution in [0.1, 0.15) is 57.0 Å². The van der Waals surface area contributed by atoms with Crippen molar-refractivity contribution in [2.45, 2.75) is 33.7 Å². The van der Waals surface area contributed by atoms with Gasteiger partial charge in [-0.3, -0.25) is 9.79 Å². The molecule has 8 nitrogen and oxygen atoms in total. The first kappa shape index (κ1) is 23.7. The Kier molecular flexibility index (Phi) is 7.26. The third kappa shape index (κ3) is 5.64. The molecule has 168 valence electrons. The molecule has 3 aromatic rings. The second kappa shape index (κ2) is 10.1. The monoisotopic (exact) mass is 462 g/mol. The van der Waals surface area contributed by atoms with E-state index in [-0.39, 0.29) is 30.3 Å². The Morgan fingerprint density at radius 1 is 1.36 bits per heavy atom. The summed E-state index contributed by atoms with van der Waals surface area (Å²) in [5.74, 6) is -0.000595. The second-order valence-corrected chi connectivity index (χ2v) is 8.06. The highest BCUT2D eigenvalue weighted by atomic mass is 35.5. The van der Waals surface area contributed by atoms with Gasteiger partial charge in [0.25, 0.3) is 5.91 Å². The van der Waals surface area contributed by atoms with Crippen LogP contribution >= 0.6 is 11.6 Å². The van der Waals surface area contributed by atoms with E-state index < -0.39 is 5.91 Å². The number of amides is 1. The second-order valence-electron chi connectivity index (χ2n) is 7.47. The Morgan fingerprint density at radius 3 is 2.76 bits per heavy atom. The number of hydrogen-bond donors (Lipinski definition) is 2. The predicted molar refractivity (Wildman–Crippen MR) is 128 cm³/mol. The highest BCUT2D eigenvalue weighted by Gasteiger charge is 2.21. The standard InChI is InChI=1S/C24H23ClN6O2/c1-13-7-21(27)30-15(3)18(13)12-29-24(32)23-20(11-26)31-22(33-23)10-16-5-6-19(28-4)17(9-16)8-14(2)25/h5-9H,4,10,12H2,1-3H3,(H2,27,30)(H,29,32)/b14-8+. The molecule has 2 heterocycles. The first-order valence-electron chi connectivity index (χ1n) is 10.1. The van der Waals surface area contributed by atoms with Crippen LogP contribution in [0.4, 0.5) is 11.5 Å². The summed E-state index contributed by atoms with van der Waals surface area (Å²) < 4.78 is 5.66. The lowest BCUT2D eigenvalue weighted by atomic mass is 10.1. The first-order valence-corrected chi connectivity index (χ1v) is 10.4. The molecule has 2 aromatic heterocycles. The van der Waals surface area contributed by atoms with Crippen LogP contribution in [0.25, 0.3) is 6.08 Å². The molecule has 9 heteroatoms. The fourth-order valence-electron chi connectivity index (χ4n) is 3.44. The Labute approximate surface area is 196 Å². The fraction of sp³-hybridized carbons (Fsp3) is 0.208. The van der Waals surface area contributed by atoms with Gasteiger partial charge < -0.3 is 15.5 Å². The number of carbonyl (C=O) groups is 1. The average molecular weight is 463 g/mol. The smallest absolute Gasteiger partial charge is 0.290 e. The number of anilines is 1. The fourth-order valence-corrected chi connectivity index (χ4v) is 3.55. The topological polar surface area (TPSA) is 130 Å². The average Bonchev–Trinajstić information content (AvgIpc) is 3.15. The number of oxazole rings is 1. The maximum Gasteiger partial charge on any atom is 0.290 e. The van der Waals surface area contributed by atoms with Gasteiger partial charge >= 0.3 is 0 Å². The summed E-state index contributed by atoms with van der Waals surface area (Å²) >= 11 is 6.01. The van der Waals surface area contributed by atoms with Crippen molar-refractivity contribution in [2.75, 3.05) is 5.73 Å². The summed E-state index contributed by atoms with van der Waals surface area (Å²) in [7, 11) is 0. The van der Waals surface area contributed by atoms with Gasteiger partial charge in [0.2, 0.25) is 11.7 Å². The lowest BCUT2D eigenvalue weighted by Gasteiger charge is -2.10. The van der Waals surface area contributed by atoms with Crippen LogP contribution in [0.3, 0.4) is 0 Å². The minimum Gasteiger partial charge on any atom is -0.434 e. The Bertz CT molecular complexity index is 1280. The molecule has 0 saturated carbocycles. The summed E-state index contributed by atoms with van der Waals surface area (Å²) in [6.45, 7) is 9.26. The van der Waals surface area contributed by atoms with Crippen molar-refractivity contribution in [1.82, 2.24) is 15.3 Å². The minimum atomic E-state index is -0.534. The highest BCUT2D eigenvalue weighted by Crippen LogP contribution is 2.25. The molecule has 0 aliphatic heterocycles. The molecule has 0 bridgehead atoms. The molecule has 33 heavy (non-hydrogen) atoms. The zero-order valence-corrected chi connectivity index (χ0v) is 19.3. The minimum absolute atomic E-state index is 0.0764. The highest BCUT2D eigenvalue weighted by molar-refractivity contribution is 6.31. The summed E-state index contributed by atoms with van der Waals surface area (Å²) in [6, 6.07) is 9.20. The number of benzene rings is 1. The van der Waals surface area contributed by atoms with Crippen LogP contribution in [0.5, 0.6) is 0 Å². The molecule has 3 rings (SSSR count). The van der Waals surface area contributed by atoms with Gasteiger partial charge in [-0.15, -0.1) is 0 Å². The number of nitrogens with one attached hydrogen (secondary N) is 1. The zero-order valence-electron chi connectivity index (χ0n) is 18.6. The van der Waals surface area contributed by atoms with E-state index in [1.807, 2.05) is 32.0 Å². The van der Waals surface area contributed by atoms with E-state index in [1.54, 1.807) is 25.1 Å². The number of aliphatic imine (C=N–C) groups is 1. The molecule has 0 aliphatic rings. The number of aromatic nitrogens is 2. The van der Waals surface area contributed by atoms with Crippen molar-refractivity contribution in [1.29, 1.82) is 5.26 Å². The maximum atomic E-state index is 12.7. The number of nitrogens with two attached hydrogens (primary N) is 1. The van der Waals surface area contributed by atoms with Crippen molar-refractivity contribution in [3.8, 4) is 6.07 Å². The molecule has 0 atom stereocenters. The summed E-state index contributed by atoms with van der Waals surface area (Å²) in [6.07, 6.45) is 2.06. The number of nitrogens with zero attached hydrogens (tertiary/aromatic N) is 4. The van der Waals surface area contributed by atoms with E-state index in [0.29, 0.717) is 16.5 Å². The molecule has 0 saturated heterocycles. The van der Waals surface area contributed by atoms with Gasteiger partial charge in [0.15, 0.2) is 5.69 Å². The zero-order chi connectivity index (χ0) is 24.1. The number of nitrogen functional groups attached to an aromatic ring is 1. The summed E-state index contributed by atoms with van der Waals surface area (Å²) in [5, 5.41) is 12.8. The van der Waals surface area contributed by atoms with E-state index in [4.69, 9.17) is 21.8 Å². The van der Waals surface area contributed by atoms with Crippen molar-refractivity contribution in [3.05, 3.63) is 74.6 Å². The van der Waals surface area contributed by atoms with E-state index in [0.717, 1.165) is 27.9 Å². The Morgan fingerprint density at radius 2 is 2.12 bits per heavy atom. The number of pyridine rings is 1. The van der Waals surface area contributed by atoms with Gasteiger partial charge in [-0.05, 0) is 68.5 Å². The molecule has 1 amide bonds. The molecule has 0 fully saturated rings. The number of hydrogen-bond acceptors (Lipinski definition) is 7. The summed E-state index contributed by atoms with van der Waals surface area (Å²) in [5.41, 5.74) is 10.5. The van der Waals surface area contributed by atoms with Crippen molar-refractivity contribution >= 4 is 41.8 Å². The number of allylic oxidation sites excluding steroid dienone is 1. The third-order valence-corrected chi connectivity index (χ3v) is 5.06. The van der Waals surface area contributed by atoms with Crippen LogP contribution in [0.2, 0.25) is 0 Å². The van der Waals surface area contributed by atoms with E-state index >= 15 is 0 Å². The molecule has 0 radical (unpaired) electrons. The van der Waals surface area contributed by atoms with Gasteiger partial charge in [0.1, 0.15) is 11.9 Å². The van der Waals surface area contributed by atoms with Gasteiger partial charge in [0.05, 0.1) is 5.69 Å². The van der Waals surface area contributed by atoms with Crippen LogP contribution < -0.4 is 11.1 Å². The van der Waals surface area contributed by atoms with Crippen LogP contribution in [0.15, 0.2) is 38.7 Å². The largest absolute Gasteiger partial charge is 0.434 e. The lowest BCUT2D eigenvalue weighted by Crippen LogP contribution is -2.24. The molecule has 0 aliphatic carbocycles. The predicted octanol–water partition coefficient (Wildman–Crippen LogP) is 4.59. The molecule has 3 N–H and O–H groups in total. The van der Waals surface area contributed by atoms with Gasteiger partial charge in [-0.2, -0.15) is 5.26 Å². The number of nitriles is 1. The van der Waals surface area contributed by atoms with Gasteiger partial charge in [-0.1, -0.05) is 17.7 Å². The third-order valence-electron chi connectivity index (χ3n) is 4.96. The molecule has 0 spiro atoms. The number of carbonyl (C=O) groups excluding carboxylic acids is 1. The SMILES string of the molecule is C=Nc1ccc(Cc2nc(C#N)c(C(=O)NCc3c(C)cc(N)nc3C)o2)cc1/C=C(\C)Cl. The molecule has 0 unspecified atom stereocenters. The van der Waals surface area contributed by atoms with Crippen molar-refractivity contribution in [3.63, 3.8) is 0 Å². The van der Waals surface area contributed by atoms with Gasteiger partial charge in [-0.25, -0.2) is 9.97 Å². The van der Waals surface area contributed by atoms with Crippen molar-refractivity contribution < 1.29 is 9.21 Å².